The van der Waals surface area contributed by atoms with Crippen LogP contribution in [0.15, 0.2) is 60.7 Å². The molecule has 29 heavy (non-hydrogen) atoms. The molecular weight excluding hydrogens is 480 g/mol. The number of rotatable bonds is 6. The van der Waals surface area contributed by atoms with Gasteiger partial charge in [-0.15, -0.1) is 0 Å². The molecule has 3 nitrogen and oxygen atoms in total. The van der Waals surface area contributed by atoms with Crippen molar-refractivity contribution in [3.8, 4) is 17.6 Å². The SMILES string of the molecule is COc1cc(C=C(C#N)c2ccccc2F)cc(I)c1OCc1cccc(C)c1. The van der Waals surface area contributed by atoms with Gasteiger partial charge < -0.3 is 9.47 Å². The number of methoxy groups -OCH3 is 1. The van der Waals surface area contributed by atoms with Crippen LogP contribution in [0.5, 0.6) is 11.5 Å². The van der Waals surface area contributed by atoms with Gasteiger partial charge in [0.1, 0.15) is 12.4 Å². The summed E-state index contributed by atoms with van der Waals surface area (Å²) in [6.45, 7) is 2.46. The first-order valence-electron chi connectivity index (χ1n) is 8.94. The predicted molar refractivity (Wildman–Crippen MR) is 121 cm³/mol. The van der Waals surface area contributed by atoms with Gasteiger partial charge in [0.05, 0.1) is 22.3 Å². The van der Waals surface area contributed by atoms with Crippen LogP contribution >= 0.6 is 22.6 Å². The van der Waals surface area contributed by atoms with Crippen molar-refractivity contribution in [1.82, 2.24) is 0 Å². The van der Waals surface area contributed by atoms with Crippen LogP contribution in [0.3, 0.4) is 0 Å². The summed E-state index contributed by atoms with van der Waals surface area (Å²) in [4.78, 5) is 0. The molecule has 0 bridgehead atoms. The molecule has 0 aromatic heterocycles. The van der Waals surface area contributed by atoms with Crippen LogP contribution in [-0.2, 0) is 6.61 Å². The quantitative estimate of drug-likeness (QED) is 0.224. The smallest absolute Gasteiger partial charge is 0.174 e. The van der Waals surface area contributed by atoms with Gasteiger partial charge >= 0.3 is 0 Å². The van der Waals surface area contributed by atoms with E-state index in [0.717, 1.165) is 14.7 Å². The van der Waals surface area contributed by atoms with Crippen molar-refractivity contribution in [1.29, 1.82) is 5.26 Å². The molecule has 0 saturated heterocycles. The van der Waals surface area contributed by atoms with Crippen molar-refractivity contribution in [2.24, 2.45) is 0 Å². The van der Waals surface area contributed by atoms with Gasteiger partial charge in [-0.25, -0.2) is 4.39 Å². The molecule has 0 amide bonds. The highest BCUT2D eigenvalue weighted by molar-refractivity contribution is 14.1. The number of nitriles is 1. The largest absolute Gasteiger partial charge is 0.493 e. The average molecular weight is 499 g/mol. The number of nitrogens with zero attached hydrogens (tertiary/aromatic N) is 1. The molecule has 0 atom stereocenters. The summed E-state index contributed by atoms with van der Waals surface area (Å²) in [5, 5.41) is 9.51. The average Bonchev–Trinajstić information content (AvgIpc) is 2.71. The summed E-state index contributed by atoms with van der Waals surface area (Å²) in [6, 6.07) is 20.1. The molecule has 0 N–H and O–H groups in total. The monoisotopic (exact) mass is 499 g/mol. The summed E-state index contributed by atoms with van der Waals surface area (Å²) in [7, 11) is 1.57. The number of hydrogen-bond acceptors (Lipinski definition) is 3. The number of aryl methyl sites for hydroxylation is 1. The van der Waals surface area contributed by atoms with Crippen LogP contribution in [0, 0.1) is 27.6 Å². The van der Waals surface area contributed by atoms with E-state index < -0.39 is 5.82 Å². The molecule has 0 unspecified atom stereocenters. The fourth-order valence-electron chi connectivity index (χ4n) is 2.94. The standard InChI is InChI=1S/C24H19FINO2/c1-16-6-5-7-17(10-16)15-29-24-22(26)12-18(13-23(24)28-2)11-19(14-27)20-8-3-4-9-21(20)25/h3-13H,15H2,1-2H3. The molecule has 146 valence electrons. The lowest BCUT2D eigenvalue weighted by Gasteiger charge is -2.14. The van der Waals surface area contributed by atoms with Gasteiger partial charge in [0.2, 0.25) is 0 Å². The van der Waals surface area contributed by atoms with Gasteiger partial charge in [0.25, 0.3) is 0 Å². The summed E-state index contributed by atoms with van der Waals surface area (Å²) in [5.41, 5.74) is 3.48. The van der Waals surface area contributed by atoms with Crippen molar-refractivity contribution >= 4 is 34.2 Å². The first kappa shape index (κ1) is 20.9. The van der Waals surface area contributed by atoms with Crippen molar-refractivity contribution in [2.75, 3.05) is 7.11 Å². The van der Waals surface area contributed by atoms with Crippen molar-refractivity contribution in [3.63, 3.8) is 0 Å². The molecule has 3 aromatic carbocycles. The van der Waals surface area contributed by atoms with E-state index in [1.165, 1.54) is 11.6 Å². The maximum Gasteiger partial charge on any atom is 0.174 e. The zero-order chi connectivity index (χ0) is 20.8. The van der Waals surface area contributed by atoms with Gasteiger partial charge in [-0.2, -0.15) is 5.26 Å². The lowest BCUT2D eigenvalue weighted by molar-refractivity contribution is 0.282. The third-order valence-corrected chi connectivity index (χ3v) is 5.11. The molecule has 0 spiro atoms. The lowest BCUT2D eigenvalue weighted by Crippen LogP contribution is -2.00. The second-order valence-electron chi connectivity index (χ2n) is 6.46. The molecule has 3 rings (SSSR count). The first-order chi connectivity index (χ1) is 14.0. The Kier molecular flexibility index (Phi) is 6.89. The summed E-state index contributed by atoms with van der Waals surface area (Å²) < 4.78 is 26.4. The Morgan fingerprint density at radius 2 is 1.93 bits per heavy atom. The molecule has 0 aliphatic rings. The Balaban J connectivity index is 1.92. The summed E-state index contributed by atoms with van der Waals surface area (Å²) in [6.07, 6.45) is 1.65. The van der Waals surface area contributed by atoms with Crippen LogP contribution in [0.25, 0.3) is 11.6 Å². The van der Waals surface area contributed by atoms with E-state index in [2.05, 4.69) is 34.7 Å². The fraction of sp³-hybridized carbons (Fsp3) is 0.125. The number of halogens is 2. The molecule has 3 aromatic rings. The minimum absolute atomic E-state index is 0.245. The normalized spacial score (nSPS) is 11.1. The van der Waals surface area contributed by atoms with Gasteiger partial charge in [-0.1, -0.05) is 48.0 Å². The Labute approximate surface area is 183 Å². The number of allylic oxidation sites excluding steroid dienone is 1. The Morgan fingerprint density at radius 3 is 2.62 bits per heavy atom. The van der Waals surface area contributed by atoms with E-state index >= 15 is 0 Å². The number of ether oxygens (including phenoxy) is 2. The predicted octanol–water partition coefficient (Wildman–Crippen LogP) is 6.39. The Morgan fingerprint density at radius 1 is 1.14 bits per heavy atom. The zero-order valence-electron chi connectivity index (χ0n) is 16.1. The summed E-state index contributed by atoms with van der Waals surface area (Å²) >= 11 is 2.17. The molecule has 0 radical (unpaired) electrons. The van der Waals surface area contributed by atoms with E-state index in [9.17, 15) is 9.65 Å². The van der Waals surface area contributed by atoms with E-state index in [4.69, 9.17) is 9.47 Å². The molecule has 0 aliphatic heterocycles. The number of benzene rings is 3. The van der Waals surface area contributed by atoms with E-state index in [-0.39, 0.29) is 11.1 Å². The highest BCUT2D eigenvalue weighted by atomic mass is 127. The highest BCUT2D eigenvalue weighted by Crippen LogP contribution is 2.35. The lowest BCUT2D eigenvalue weighted by atomic mass is 10.0. The van der Waals surface area contributed by atoms with Crippen LogP contribution in [0.1, 0.15) is 22.3 Å². The van der Waals surface area contributed by atoms with Gasteiger partial charge in [0, 0.05) is 5.56 Å². The third-order valence-electron chi connectivity index (χ3n) is 4.31. The molecular formula is C24H19FINO2. The number of hydrogen-bond donors (Lipinski definition) is 0. The maximum absolute atomic E-state index is 14.1. The van der Waals surface area contributed by atoms with E-state index in [1.54, 1.807) is 37.5 Å². The first-order valence-corrected chi connectivity index (χ1v) is 10.0. The van der Waals surface area contributed by atoms with Crippen LogP contribution in [0.4, 0.5) is 4.39 Å². The van der Waals surface area contributed by atoms with Gasteiger partial charge in [0.15, 0.2) is 11.5 Å². The molecule has 0 heterocycles. The molecule has 5 heteroatoms. The third kappa shape index (κ3) is 5.15. The second-order valence-corrected chi connectivity index (χ2v) is 7.62. The second kappa shape index (κ2) is 9.57. The summed E-state index contributed by atoms with van der Waals surface area (Å²) in [5.74, 6) is 0.762. The molecule has 0 fully saturated rings. The Bertz CT molecular complexity index is 1100. The topological polar surface area (TPSA) is 42.2 Å². The van der Waals surface area contributed by atoms with Crippen molar-refractivity contribution < 1.29 is 13.9 Å². The zero-order valence-corrected chi connectivity index (χ0v) is 18.2. The Hall–Kier alpha value is -2.85. The van der Waals surface area contributed by atoms with Crippen LogP contribution in [-0.4, -0.2) is 7.11 Å². The fourth-order valence-corrected chi connectivity index (χ4v) is 3.72. The van der Waals surface area contributed by atoms with Gasteiger partial charge in [-0.05, 0) is 64.9 Å². The molecule has 0 aliphatic carbocycles. The van der Waals surface area contributed by atoms with Crippen molar-refractivity contribution in [2.45, 2.75) is 13.5 Å². The minimum Gasteiger partial charge on any atom is -0.493 e. The highest BCUT2D eigenvalue weighted by Gasteiger charge is 2.13. The van der Waals surface area contributed by atoms with E-state index in [1.807, 2.05) is 31.2 Å². The van der Waals surface area contributed by atoms with Crippen molar-refractivity contribution in [3.05, 3.63) is 92.3 Å². The molecule has 0 saturated carbocycles. The van der Waals surface area contributed by atoms with E-state index in [0.29, 0.717) is 18.1 Å². The van der Waals surface area contributed by atoms with Crippen LogP contribution in [0.2, 0.25) is 0 Å². The van der Waals surface area contributed by atoms with Crippen LogP contribution < -0.4 is 9.47 Å². The van der Waals surface area contributed by atoms with Gasteiger partial charge in [-0.3, -0.25) is 0 Å². The minimum atomic E-state index is -0.430. The maximum atomic E-state index is 14.1.